The molecule has 6 heteroatoms. The highest BCUT2D eigenvalue weighted by Crippen LogP contribution is 1.96. The second-order valence-electron chi connectivity index (χ2n) is 4.62. The zero-order valence-corrected chi connectivity index (χ0v) is 10.0. The van der Waals surface area contributed by atoms with E-state index in [1.165, 1.54) is 0 Å². The zero-order chi connectivity index (χ0) is 12.0. The van der Waals surface area contributed by atoms with Gasteiger partial charge in [-0.25, -0.2) is 0 Å². The molecule has 0 atom stereocenters. The minimum atomic E-state index is -0.0384. The summed E-state index contributed by atoms with van der Waals surface area (Å²) in [4.78, 5) is 11.4. The summed E-state index contributed by atoms with van der Waals surface area (Å²) in [5.41, 5.74) is -0.0384. The predicted octanol–water partition coefficient (Wildman–Crippen LogP) is -0.218. The molecular weight excluding hydrogens is 206 g/mol. The molecule has 0 bridgehead atoms. The summed E-state index contributed by atoms with van der Waals surface area (Å²) in [5, 5.41) is 13.4. The first-order valence-corrected chi connectivity index (χ1v) is 5.33. The Morgan fingerprint density at radius 2 is 2.19 bits per heavy atom. The Morgan fingerprint density at radius 1 is 1.44 bits per heavy atom. The normalized spacial score (nSPS) is 11.4. The lowest BCUT2D eigenvalue weighted by Crippen LogP contribution is -2.43. The van der Waals surface area contributed by atoms with E-state index < -0.39 is 0 Å². The molecule has 0 aliphatic rings. The van der Waals surface area contributed by atoms with Crippen LogP contribution in [0.1, 0.15) is 20.8 Å². The van der Waals surface area contributed by atoms with Crippen LogP contribution < -0.4 is 10.6 Å². The summed E-state index contributed by atoms with van der Waals surface area (Å²) < 4.78 is 1.68. The fraction of sp³-hybridized carbons (Fsp3) is 0.700. The van der Waals surface area contributed by atoms with Crippen LogP contribution in [0, 0.1) is 0 Å². The maximum Gasteiger partial charge on any atom is 0.234 e. The van der Waals surface area contributed by atoms with E-state index in [0.717, 1.165) is 0 Å². The van der Waals surface area contributed by atoms with E-state index in [1.54, 1.807) is 17.1 Å². The molecule has 0 spiro atoms. The lowest BCUT2D eigenvalue weighted by molar-refractivity contribution is -0.120. The van der Waals surface area contributed by atoms with E-state index in [2.05, 4.69) is 20.9 Å². The monoisotopic (exact) mass is 225 g/mol. The van der Waals surface area contributed by atoms with E-state index in [9.17, 15) is 4.79 Å². The fourth-order valence-corrected chi connectivity index (χ4v) is 1.07. The summed E-state index contributed by atoms with van der Waals surface area (Å²) >= 11 is 0. The van der Waals surface area contributed by atoms with Gasteiger partial charge >= 0.3 is 0 Å². The van der Waals surface area contributed by atoms with Crippen molar-refractivity contribution in [3.63, 3.8) is 0 Å². The molecule has 0 unspecified atom stereocenters. The SMILES string of the molecule is CC(C)(C)NCC(=O)NCCn1ccnn1. The smallest absolute Gasteiger partial charge is 0.234 e. The van der Waals surface area contributed by atoms with Crippen molar-refractivity contribution >= 4 is 5.91 Å². The third-order valence-electron chi connectivity index (χ3n) is 1.91. The molecular formula is C10H19N5O. The number of aromatic nitrogens is 3. The molecule has 0 aromatic carbocycles. The summed E-state index contributed by atoms with van der Waals surface area (Å²) in [5.74, 6) is -0.00459. The van der Waals surface area contributed by atoms with Gasteiger partial charge in [-0.05, 0) is 20.8 Å². The number of nitrogens with one attached hydrogen (secondary N) is 2. The first-order chi connectivity index (χ1) is 7.47. The van der Waals surface area contributed by atoms with Crippen LogP contribution >= 0.6 is 0 Å². The Morgan fingerprint density at radius 3 is 2.75 bits per heavy atom. The molecule has 6 nitrogen and oxygen atoms in total. The molecule has 0 aliphatic carbocycles. The van der Waals surface area contributed by atoms with Gasteiger partial charge in [0.05, 0.1) is 19.3 Å². The molecule has 0 saturated carbocycles. The molecule has 16 heavy (non-hydrogen) atoms. The lowest BCUT2D eigenvalue weighted by atomic mass is 10.1. The van der Waals surface area contributed by atoms with Crippen LogP contribution in [0.25, 0.3) is 0 Å². The van der Waals surface area contributed by atoms with Gasteiger partial charge in [0.2, 0.25) is 5.91 Å². The first-order valence-electron chi connectivity index (χ1n) is 5.33. The average molecular weight is 225 g/mol. The Hall–Kier alpha value is -1.43. The van der Waals surface area contributed by atoms with E-state index >= 15 is 0 Å². The molecule has 2 N–H and O–H groups in total. The van der Waals surface area contributed by atoms with E-state index in [4.69, 9.17) is 0 Å². The van der Waals surface area contributed by atoms with E-state index in [1.807, 2.05) is 20.8 Å². The van der Waals surface area contributed by atoms with Crippen molar-refractivity contribution in [2.45, 2.75) is 32.9 Å². The van der Waals surface area contributed by atoms with Crippen molar-refractivity contribution < 1.29 is 4.79 Å². The highest BCUT2D eigenvalue weighted by molar-refractivity contribution is 5.78. The van der Waals surface area contributed by atoms with Crippen LogP contribution in [0.2, 0.25) is 0 Å². The molecule has 1 rings (SSSR count). The maximum absolute atomic E-state index is 11.4. The molecule has 0 aliphatic heterocycles. The van der Waals surface area contributed by atoms with Crippen molar-refractivity contribution in [2.75, 3.05) is 13.1 Å². The minimum Gasteiger partial charge on any atom is -0.353 e. The van der Waals surface area contributed by atoms with Crippen molar-refractivity contribution in [3.05, 3.63) is 12.4 Å². The summed E-state index contributed by atoms with van der Waals surface area (Å²) in [6.45, 7) is 7.61. The first kappa shape index (κ1) is 12.6. The molecule has 0 radical (unpaired) electrons. The average Bonchev–Trinajstić information content (AvgIpc) is 2.66. The molecule has 1 aromatic heterocycles. The van der Waals surface area contributed by atoms with Gasteiger partial charge in [-0.1, -0.05) is 5.21 Å². The minimum absolute atomic E-state index is 0.00459. The van der Waals surface area contributed by atoms with E-state index in [0.29, 0.717) is 19.6 Å². The van der Waals surface area contributed by atoms with Gasteiger partial charge in [0.15, 0.2) is 0 Å². The topological polar surface area (TPSA) is 71.8 Å². The number of carbonyl (C=O) groups is 1. The van der Waals surface area contributed by atoms with Crippen molar-refractivity contribution in [1.29, 1.82) is 0 Å². The Kier molecular flexibility index (Phi) is 4.42. The lowest BCUT2D eigenvalue weighted by Gasteiger charge is -2.19. The second kappa shape index (κ2) is 5.60. The highest BCUT2D eigenvalue weighted by Gasteiger charge is 2.10. The second-order valence-corrected chi connectivity index (χ2v) is 4.62. The van der Waals surface area contributed by atoms with Gasteiger partial charge in [0.25, 0.3) is 0 Å². The van der Waals surface area contributed by atoms with E-state index in [-0.39, 0.29) is 11.4 Å². The van der Waals surface area contributed by atoms with Gasteiger partial charge in [0, 0.05) is 18.3 Å². The van der Waals surface area contributed by atoms with Gasteiger partial charge < -0.3 is 10.6 Å². The van der Waals surface area contributed by atoms with Crippen LogP contribution in [0.3, 0.4) is 0 Å². The van der Waals surface area contributed by atoms with Crippen molar-refractivity contribution in [2.24, 2.45) is 0 Å². The number of amides is 1. The standard InChI is InChI=1S/C10H19N5O/c1-10(2,3)12-8-9(16)11-4-6-15-7-5-13-14-15/h5,7,12H,4,6,8H2,1-3H3,(H,11,16). The summed E-state index contributed by atoms with van der Waals surface area (Å²) in [7, 11) is 0. The third-order valence-corrected chi connectivity index (χ3v) is 1.91. The summed E-state index contributed by atoms with van der Waals surface area (Å²) in [6, 6.07) is 0. The molecule has 0 fully saturated rings. The van der Waals surface area contributed by atoms with Gasteiger partial charge in [-0.3, -0.25) is 9.48 Å². The maximum atomic E-state index is 11.4. The number of rotatable bonds is 5. The number of nitrogens with zero attached hydrogens (tertiary/aromatic N) is 3. The molecule has 0 saturated heterocycles. The highest BCUT2D eigenvalue weighted by atomic mass is 16.1. The van der Waals surface area contributed by atoms with Gasteiger partial charge in [0.1, 0.15) is 0 Å². The van der Waals surface area contributed by atoms with Gasteiger partial charge in [-0.2, -0.15) is 0 Å². The molecule has 1 amide bonds. The van der Waals surface area contributed by atoms with Gasteiger partial charge in [-0.15, -0.1) is 5.10 Å². The van der Waals surface area contributed by atoms with Crippen molar-refractivity contribution in [3.8, 4) is 0 Å². The van der Waals surface area contributed by atoms with Crippen LogP contribution in [0.15, 0.2) is 12.4 Å². The molecule has 1 aromatic rings. The fourth-order valence-electron chi connectivity index (χ4n) is 1.07. The van der Waals surface area contributed by atoms with Crippen LogP contribution in [-0.4, -0.2) is 39.5 Å². The Bertz CT molecular complexity index is 314. The predicted molar refractivity (Wildman–Crippen MR) is 60.8 cm³/mol. The Balaban J connectivity index is 2.11. The van der Waals surface area contributed by atoms with Crippen molar-refractivity contribution in [1.82, 2.24) is 25.6 Å². The quantitative estimate of drug-likeness (QED) is 0.727. The van der Waals surface area contributed by atoms with Crippen LogP contribution in [0.4, 0.5) is 0 Å². The van der Waals surface area contributed by atoms with Crippen LogP contribution in [0.5, 0.6) is 0 Å². The Labute approximate surface area is 95.4 Å². The molecule has 90 valence electrons. The molecule has 1 heterocycles. The number of hydrogen-bond acceptors (Lipinski definition) is 4. The number of hydrogen-bond donors (Lipinski definition) is 2. The zero-order valence-electron chi connectivity index (χ0n) is 10.0. The third kappa shape index (κ3) is 5.45. The summed E-state index contributed by atoms with van der Waals surface area (Å²) in [6.07, 6.45) is 3.38. The number of carbonyl (C=O) groups excluding carboxylic acids is 1. The van der Waals surface area contributed by atoms with Crippen LogP contribution in [-0.2, 0) is 11.3 Å². The largest absolute Gasteiger partial charge is 0.353 e.